The van der Waals surface area contributed by atoms with Gasteiger partial charge in [-0.3, -0.25) is 0 Å². The fraction of sp³-hybridized carbons (Fsp3) is 0.545. The van der Waals surface area contributed by atoms with Gasteiger partial charge in [0.15, 0.2) is 0 Å². The zero-order chi connectivity index (χ0) is 17.3. The molecule has 0 amide bonds. The number of fused-ring (bicyclic) bond motifs is 2. The largest absolute Gasteiger partial charge is 0.492 e. The predicted molar refractivity (Wildman–Crippen MR) is 103 cm³/mol. The summed E-state index contributed by atoms with van der Waals surface area (Å²) in [6, 6.07) is 9.35. The van der Waals surface area contributed by atoms with E-state index in [1.54, 1.807) is 0 Å². The number of rotatable bonds is 1. The first kappa shape index (κ1) is 16.2. The summed E-state index contributed by atoms with van der Waals surface area (Å²) in [5, 5.41) is 0. The molecule has 0 radical (unpaired) electrons. The topological polar surface area (TPSA) is 9.23 Å². The Bertz CT molecular complexity index is 811. The first-order valence-electron chi connectivity index (χ1n) is 9.03. The summed E-state index contributed by atoms with van der Waals surface area (Å²) in [4.78, 5) is 2.80. The Balaban J connectivity index is 1.92. The van der Waals surface area contributed by atoms with Crippen molar-refractivity contribution in [1.82, 2.24) is 0 Å². The molecule has 2 aliphatic rings. The van der Waals surface area contributed by atoms with E-state index in [4.69, 9.17) is 4.74 Å². The van der Waals surface area contributed by atoms with Crippen LogP contribution >= 0.6 is 11.3 Å². The van der Waals surface area contributed by atoms with E-state index in [0.29, 0.717) is 0 Å². The van der Waals surface area contributed by atoms with E-state index >= 15 is 0 Å². The fourth-order valence-corrected chi connectivity index (χ4v) is 5.39. The van der Waals surface area contributed by atoms with Gasteiger partial charge in [0.1, 0.15) is 12.4 Å². The number of thiophene rings is 1. The zero-order valence-corrected chi connectivity index (χ0v) is 16.6. The second-order valence-corrected chi connectivity index (χ2v) is 10.5. The maximum atomic E-state index is 6.21. The first-order chi connectivity index (χ1) is 11.1. The van der Waals surface area contributed by atoms with Gasteiger partial charge >= 0.3 is 0 Å². The molecule has 1 aromatic heterocycles. The lowest BCUT2D eigenvalue weighted by molar-refractivity contribution is 0.303. The van der Waals surface area contributed by atoms with Crippen molar-refractivity contribution in [1.29, 1.82) is 0 Å². The first-order valence-corrected chi connectivity index (χ1v) is 9.84. The van der Waals surface area contributed by atoms with E-state index in [9.17, 15) is 0 Å². The molecule has 1 unspecified atom stereocenters. The van der Waals surface area contributed by atoms with Crippen molar-refractivity contribution in [3.8, 4) is 5.75 Å². The Morgan fingerprint density at radius 2 is 1.50 bits per heavy atom. The highest BCUT2D eigenvalue weighted by Crippen LogP contribution is 2.52. The molecule has 4 rings (SSSR count). The van der Waals surface area contributed by atoms with Gasteiger partial charge in [-0.15, -0.1) is 11.3 Å². The summed E-state index contributed by atoms with van der Waals surface area (Å²) in [5.41, 5.74) is 4.87. The Hall–Kier alpha value is -1.28. The quantitative estimate of drug-likeness (QED) is 0.609. The second-order valence-electron chi connectivity index (χ2n) is 9.19. The molecule has 1 aromatic carbocycles. The molecule has 1 nitrogen and oxygen atoms in total. The van der Waals surface area contributed by atoms with E-state index in [1.807, 2.05) is 11.3 Å². The van der Waals surface area contributed by atoms with Crippen LogP contribution in [0.5, 0.6) is 5.75 Å². The minimum atomic E-state index is -0.0129. The van der Waals surface area contributed by atoms with Crippen LogP contribution < -0.4 is 4.74 Å². The van der Waals surface area contributed by atoms with E-state index < -0.39 is 0 Å². The van der Waals surface area contributed by atoms with Crippen LogP contribution in [0.15, 0.2) is 24.3 Å². The van der Waals surface area contributed by atoms with Crippen molar-refractivity contribution in [3.05, 3.63) is 50.7 Å². The highest BCUT2D eigenvalue weighted by molar-refractivity contribution is 7.12. The highest BCUT2D eigenvalue weighted by Gasteiger charge is 2.44. The average molecular weight is 341 g/mol. The molecule has 24 heavy (non-hydrogen) atoms. The van der Waals surface area contributed by atoms with Crippen molar-refractivity contribution in [3.63, 3.8) is 0 Å². The van der Waals surface area contributed by atoms with Crippen LogP contribution in [0.3, 0.4) is 0 Å². The monoisotopic (exact) mass is 340 g/mol. The number of aryl methyl sites for hydroxylation is 1. The molecule has 0 N–H and O–H groups in total. The van der Waals surface area contributed by atoms with Crippen molar-refractivity contribution in [2.24, 2.45) is 0 Å². The maximum absolute atomic E-state index is 6.21. The van der Waals surface area contributed by atoms with Gasteiger partial charge in [0, 0.05) is 15.3 Å². The smallest absolute Gasteiger partial charge is 0.123 e. The molecular weight excluding hydrogens is 312 g/mol. The van der Waals surface area contributed by atoms with E-state index in [1.165, 1.54) is 39.3 Å². The predicted octanol–water partition coefficient (Wildman–Crippen LogP) is 6.10. The SMILES string of the molecule is Cc1ccc(C2(C)COc3cc4c(cc32)C(C)(C)CCC4(C)C)s1. The molecule has 0 saturated heterocycles. The molecule has 1 aliphatic carbocycles. The van der Waals surface area contributed by atoms with Crippen molar-refractivity contribution in [2.75, 3.05) is 6.61 Å². The third-order valence-electron chi connectivity index (χ3n) is 6.35. The van der Waals surface area contributed by atoms with E-state index in [-0.39, 0.29) is 16.2 Å². The van der Waals surface area contributed by atoms with Crippen molar-refractivity contribution < 1.29 is 4.74 Å². The average Bonchev–Trinajstić information content (AvgIpc) is 3.09. The number of hydrogen-bond acceptors (Lipinski definition) is 2. The van der Waals surface area contributed by atoms with Gasteiger partial charge in [-0.25, -0.2) is 0 Å². The minimum Gasteiger partial charge on any atom is -0.492 e. The molecule has 0 saturated carbocycles. The summed E-state index contributed by atoms with van der Waals surface area (Å²) in [5.74, 6) is 1.10. The van der Waals surface area contributed by atoms with Gasteiger partial charge in [-0.1, -0.05) is 33.8 Å². The summed E-state index contributed by atoms with van der Waals surface area (Å²) >= 11 is 1.90. The molecule has 2 heteroatoms. The summed E-state index contributed by atoms with van der Waals surface area (Å²) in [6.45, 7) is 14.8. The molecule has 0 bridgehead atoms. The molecule has 128 valence electrons. The maximum Gasteiger partial charge on any atom is 0.123 e. The number of benzene rings is 1. The van der Waals surface area contributed by atoms with Crippen LogP contribution in [0.25, 0.3) is 0 Å². The lowest BCUT2D eigenvalue weighted by atomic mass is 9.62. The Morgan fingerprint density at radius 1 is 0.875 bits per heavy atom. The van der Waals surface area contributed by atoms with Crippen LogP contribution in [0.4, 0.5) is 0 Å². The van der Waals surface area contributed by atoms with Gasteiger partial charge in [0.2, 0.25) is 0 Å². The third-order valence-corrected chi connectivity index (χ3v) is 7.61. The van der Waals surface area contributed by atoms with Crippen LogP contribution in [-0.4, -0.2) is 6.61 Å². The van der Waals surface area contributed by atoms with Gasteiger partial charge in [0.05, 0.1) is 5.41 Å². The van der Waals surface area contributed by atoms with Gasteiger partial charge in [-0.05, 0) is 66.8 Å². The number of hydrogen-bond donors (Lipinski definition) is 0. The molecule has 2 heterocycles. The molecule has 2 aromatic rings. The minimum absolute atomic E-state index is 0.0129. The van der Waals surface area contributed by atoms with Crippen LogP contribution in [0.1, 0.15) is 73.9 Å². The fourth-order valence-electron chi connectivity index (χ4n) is 4.38. The molecule has 0 fully saturated rings. The van der Waals surface area contributed by atoms with Crippen LogP contribution in [-0.2, 0) is 16.2 Å². The van der Waals surface area contributed by atoms with E-state index in [0.717, 1.165) is 12.4 Å². The molecule has 1 aliphatic heterocycles. The third kappa shape index (κ3) is 2.19. The van der Waals surface area contributed by atoms with Crippen LogP contribution in [0, 0.1) is 6.92 Å². The summed E-state index contributed by atoms with van der Waals surface area (Å²) in [6.07, 6.45) is 2.49. The summed E-state index contributed by atoms with van der Waals surface area (Å²) < 4.78 is 6.21. The molecule has 0 spiro atoms. The normalized spacial score (nSPS) is 26.6. The Kier molecular flexibility index (Phi) is 3.29. The summed E-state index contributed by atoms with van der Waals surface area (Å²) in [7, 11) is 0. The van der Waals surface area contributed by atoms with Gasteiger partial charge in [0.25, 0.3) is 0 Å². The molecule has 1 atom stereocenters. The Labute approximate surface area is 150 Å². The highest BCUT2D eigenvalue weighted by atomic mass is 32.1. The van der Waals surface area contributed by atoms with Crippen molar-refractivity contribution in [2.45, 2.75) is 70.6 Å². The van der Waals surface area contributed by atoms with Crippen molar-refractivity contribution >= 4 is 11.3 Å². The number of ether oxygens (including phenoxy) is 1. The lowest BCUT2D eigenvalue weighted by Crippen LogP contribution is -2.34. The van der Waals surface area contributed by atoms with Gasteiger partial charge in [-0.2, -0.15) is 0 Å². The zero-order valence-electron chi connectivity index (χ0n) is 15.7. The molecular formula is C22H28OS. The lowest BCUT2D eigenvalue weighted by Gasteiger charge is -2.42. The standard InChI is InChI=1S/C22H28OS/c1-14-7-8-19(24-14)22(6)13-23-18-12-16-15(11-17(18)22)20(2,3)9-10-21(16,4)5/h7-8,11-12H,9-10,13H2,1-6H3. The Morgan fingerprint density at radius 3 is 2.08 bits per heavy atom. The van der Waals surface area contributed by atoms with E-state index in [2.05, 4.69) is 65.8 Å². The second kappa shape index (κ2) is 4.88. The van der Waals surface area contributed by atoms with Gasteiger partial charge < -0.3 is 4.74 Å². The van der Waals surface area contributed by atoms with Crippen LogP contribution in [0.2, 0.25) is 0 Å².